The number of alkyl halides is 1. The molecule has 50 valence electrons. The maximum atomic E-state index is 11.8. The van der Waals surface area contributed by atoms with E-state index in [-0.39, 0.29) is 0 Å². The monoisotopic (exact) mass is 132 g/mol. The molecule has 0 spiro atoms. The summed E-state index contributed by atoms with van der Waals surface area (Å²) in [6.07, 6.45) is 1.38. The van der Waals surface area contributed by atoms with Crippen LogP contribution < -0.4 is 0 Å². The summed E-state index contributed by atoms with van der Waals surface area (Å²) in [6.45, 7) is 0. The van der Waals surface area contributed by atoms with E-state index in [1.165, 1.54) is 0 Å². The van der Waals surface area contributed by atoms with Crippen LogP contribution in [0.3, 0.4) is 0 Å². The number of carbonyl (C=O) groups is 1. The van der Waals surface area contributed by atoms with Crippen LogP contribution in [0.25, 0.3) is 0 Å². The third-order valence-electron chi connectivity index (χ3n) is 0.497. The molecule has 0 aliphatic carbocycles. The van der Waals surface area contributed by atoms with Crippen molar-refractivity contribution in [2.45, 2.75) is 6.36 Å². The third kappa shape index (κ3) is 3.35. The number of halogens is 1. The lowest BCUT2D eigenvalue weighted by atomic mass is 10.7. The Labute approximate surface area is 51.8 Å². The highest BCUT2D eigenvalue weighted by Crippen LogP contribution is 1.92. The first kappa shape index (κ1) is 7.76. The molecule has 0 rings (SSSR count). The SMILES string of the molecule is C#CC(F)OC(=O)OC. The summed E-state index contributed by atoms with van der Waals surface area (Å²) in [5, 5.41) is 0. The molecule has 0 heterocycles. The van der Waals surface area contributed by atoms with Crippen molar-refractivity contribution < 1.29 is 18.7 Å². The van der Waals surface area contributed by atoms with Crippen LogP contribution in [0.1, 0.15) is 0 Å². The van der Waals surface area contributed by atoms with Crippen LogP contribution in [0.5, 0.6) is 0 Å². The van der Waals surface area contributed by atoms with Crippen LogP contribution in [0.2, 0.25) is 0 Å². The molecular weight excluding hydrogens is 127 g/mol. The van der Waals surface area contributed by atoms with Crippen molar-refractivity contribution in [1.29, 1.82) is 0 Å². The average Bonchev–Trinajstić information content (AvgIpc) is 1.87. The summed E-state index contributed by atoms with van der Waals surface area (Å²) in [5.41, 5.74) is 0. The van der Waals surface area contributed by atoms with Gasteiger partial charge in [0.25, 0.3) is 0 Å². The zero-order chi connectivity index (χ0) is 7.28. The summed E-state index contributed by atoms with van der Waals surface area (Å²) in [5.74, 6) is 1.54. The predicted octanol–water partition coefficient (Wildman–Crippen LogP) is 0.698. The molecule has 0 aromatic carbocycles. The number of carbonyl (C=O) groups excluding carboxylic acids is 1. The van der Waals surface area contributed by atoms with Crippen LogP contribution in [0, 0.1) is 12.3 Å². The third-order valence-corrected chi connectivity index (χ3v) is 0.497. The maximum absolute atomic E-state index is 11.8. The van der Waals surface area contributed by atoms with E-state index in [1.54, 1.807) is 5.92 Å². The smallest absolute Gasteiger partial charge is 0.438 e. The number of hydrogen-bond donors (Lipinski definition) is 0. The molecule has 0 saturated heterocycles. The highest BCUT2D eigenvalue weighted by molar-refractivity contribution is 5.59. The van der Waals surface area contributed by atoms with Gasteiger partial charge in [-0.2, -0.15) is 4.39 Å². The minimum absolute atomic E-state index is 1.06. The van der Waals surface area contributed by atoms with Gasteiger partial charge in [-0.15, -0.1) is 6.42 Å². The molecule has 3 nitrogen and oxygen atoms in total. The van der Waals surface area contributed by atoms with Crippen LogP contribution in [-0.2, 0) is 9.47 Å². The summed E-state index contributed by atoms with van der Waals surface area (Å²) < 4.78 is 19.5. The van der Waals surface area contributed by atoms with E-state index in [9.17, 15) is 9.18 Å². The van der Waals surface area contributed by atoms with Crippen molar-refractivity contribution in [3.05, 3.63) is 0 Å². The van der Waals surface area contributed by atoms with Crippen molar-refractivity contribution in [1.82, 2.24) is 0 Å². The molecule has 0 aromatic heterocycles. The van der Waals surface area contributed by atoms with E-state index >= 15 is 0 Å². The van der Waals surface area contributed by atoms with Crippen LogP contribution >= 0.6 is 0 Å². The lowest BCUT2D eigenvalue weighted by molar-refractivity contribution is 0.00770. The quantitative estimate of drug-likeness (QED) is 0.389. The molecule has 0 saturated carbocycles. The fraction of sp³-hybridized carbons (Fsp3) is 0.400. The number of hydrogen-bond acceptors (Lipinski definition) is 3. The normalized spacial score (nSPS) is 11.2. The molecule has 4 heteroatoms. The van der Waals surface area contributed by atoms with Gasteiger partial charge in [0.2, 0.25) is 0 Å². The van der Waals surface area contributed by atoms with E-state index in [1.807, 2.05) is 0 Å². The molecule has 0 bridgehead atoms. The van der Waals surface area contributed by atoms with Crippen molar-refractivity contribution in [2.24, 2.45) is 0 Å². The number of methoxy groups -OCH3 is 1. The molecule has 0 radical (unpaired) electrons. The van der Waals surface area contributed by atoms with Gasteiger partial charge < -0.3 is 9.47 Å². The van der Waals surface area contributed by atoms with E-state index in [0.717, 1.165) is 7.11 Å². The molecule has 0 aliphatic heterocycles. The van der Waals surface area contributed by atoms with E-state index in [0.29, 0.717) is 0 Å². The van der Waals surface area contributed by atoms with Gasteiger partial charge in [-0.05, 0) is 5.92 Å². The zero-order valence-electron chi connectivity index (χ0n) is 4.76. The van der Waals surface area contributed by atoms with E-state index < -0.39 is 12.5 Å². The lowest BCUT2D eigenvalue weighted by Gasteiger charge is -1.99. The van der Waals surface area contributed by atoms with Crippen LogP contribution in [0.4, 0.5) is 9.18 Å². The average molecular weight is 132 g/mol. The maximum Gasteiger partial charge on any atom is 0.511 e. The Morgan fingerprint density at radius 2 is 2.44 bits per heavy atom. The Morgan fingerprint density at radius 1 is 1.89 bits per heavy atom. The summed E-state index contributed by atoms with van der Waals surface area (Å²) in [7, 11) is 1.06. The van der Waals surface area contributed by atoms with Gasteiger partial charge in [-0.1, -0.05) is 0 Å². The Balaban J connectivity index is 3.50. The van der Waals surface area contributed by atoms with Gasteiger partial charge >= 0.3 is 12.5 Å². The number of rotatable bonds is 1. The van der Waals surface area contributed by atoms with Gasteiger partial charge in [0.15, 0.2) is 0 Å². The fourth-order valence-corrected chi connectivity index (χ4v) is 0.167. The summed E-state index contributed by atoms with van der Waals surface area (Å²) >= 11 is 0. The largest absolute Gasteiger partial charge is 0.511 e. The summed E-state index contributed by atoms with van der Waals surface area (Å²) in [6, 6.07) is 0. The Morgan fingerprint density at radius 3 is 2.78 bits per heavy atom. The Hall–Kier alpha value is -1.24. The van der Waals surface area contributed by atoms with Gasteiger partial charge in [0.05, 0.1) is 7.11 Å². The van der Waals surface area contributed by atoms with Crippen molar-refractivity contribution in [2.75, 3.05) is 7.11 Å². The summed E-state index contributed by atoms with van der Waals surface area (Å²) in [4.78, 5) is 10.0. The molecule has 1 unspecified atom stereocenters. The van der Waals surface area contributed by atoms with Gasteiger partial charge in [0, 0.05) is 0 Å². The molecule has 0 amide bonds. The van der Waals surface area contributed by atoms with E-state index in [4.69, 9.17) is 0 Å². The second-order valence-electron chi connectivity index (χ2n) is 1.05. The number of terminal acetylenes is 1. The van der Waals surface area contributed by atoms with Crippen molar-refractivity contribution in [3.63, 3.8) is 0 Å². The van der Waals surface area contributed by atoms with Crippen molar-refractivity contribution >= 4 is 6.16 Å². The molecule has 9 heavy (non-hydrogen) atoms. The van der Waals surface area contributed by atoms with E-state index in [2.05, 4.69) is 15.9 Å². The standard InChI is InChI=1S/C5H5FO3/c1-3-4(6)9-5(7)8-2/h1,4H,2H3. The second kappa shape index (κ2) is 3.72. The van der Waals surface area contributed by atoms with Crippen LogP contribution in [-0.4, -0.2) is 19.6 Å². The Kier molecular flexibility index (Phi) is 3.21. The van der Waals surface area contributed by atoms with Gasteiger partial charge in [-0.3, -0.25) is 0 Å². The van der Waals surface area contributed by atoms with Gasteiger partial charge in [-0.25, -0.2) is 4.79 Å². The second-order valence-corrected chi connectivity index (χ2v) is 1.05. The highest BCUT2D eigenvalue weighted by atomic mass is 19.1. The highest BCUT2D eigenvalue weighted by Gasteiger charge is 2.07. The minimum atomic E-state index is -2.02. The fourth-order valence-electron chi connectivity index (χ4n) is 0.167. The predicted molar refractivity (Wildman–Crippen MR) is 27.2 cm³/mol. The lowest BCUT2D eigenvalue weighted by Crippen LogP contribution is -2.10. The zero-order valence-corrected chi connectivity index (χ0v) is 4.76. The molecule has 0 fully saturated rings. The molecule has 1 atom stereocenters. The first-order valence-corrected chi connectivity index (χ1v) is 2.05. The molecule has 0 aliphatic rings. The minimum Gasteiger partial charge on any atom is -0.438 e. The molecule has 0 aromatic rings. The topological polar surface area (TPSA) is 35.5 Å². The molecular formula is C5H5FO3. The van der Waals surface area contributed by atoms with Gasteiger partial charge in [0.1, 0.15) is 0 Å². The Bertz CT molecular complexity index is 138. The van der Waals surface area contributed by atoms with Crippen LogP contribution in [0.15, 0.2) is 0 Å². The van der Waals surface area contributed by atoms with Crippen molar-refractivity contribution in [3.8, 4) is 12.3 Å². The first-order chi connectivity index (χ1) is 4.20. The number of ether oxygens (including phenoxy) is 2. The molecule has 0 N–H and O–H groups in total. The first-order valence-electron chi connectivity index (χ1n) is 2.05.